The SMILES string of the molecule is Nc1ccccc1N(CC(=O)O)Cc1ccc(F)c(Cl)c1. The minimum atomic E-state index is -0.980. The van der Waals surface area contributed by atoms with E-state index in [4.69, 9.17) is 22.4 Å². The fourth-order valence-corrected chi connectivity index (χ4v) is 2.23. The molecule has 2 rings (SSSR count). The molecule has 0 radical (unpaired) electrons. The van der Waals surface area contributed by atoms with E-state index in [9.17, 15) is 9.18 Å². The molecule has 0 saturated carbocycles. The second-order valence-corrected chi connectivity index (χ2v) is 4.96. The smallest absolute Gasteiger partial charge is 0.323 e. The van der Waals surface area contributed by atoms with Gasteiger partial charge in [0, 0.05) is 6.54 Å². The van der Waals surface area contributed by atoms with Gasteiger partial charge in [-0.1, -0.05) is 29.8 Å². The van der Waals surface area contributed by atoms with Crippen molar-refractivity contribution in [1.29, 1.82) is 0 Å². The number of nitrogens with two attached hydrogens (primary N) is 1. The number of carbonyl (C=O) groups is 1. The van der Waals surface area contributed by atoms with E-state index in [0.717, 1.165) is 0 Å². The van der Waals surface area contributed by atoms with Crippen molar-refractivity contribution in [3.8, 4) is 0 Å². The number of carboxylic acids is 1. The summed E-state index contributed by atoms with van der Waals surface area (Å²) in [5, 5.41) is 9.05. The van der Waals surface area contributed by atoms with E-state index in [1.165, 1.54) is 12.1 Å². The summed E-state index contributed by atoms with van der Waals surface area (Å²) < 4.78 is 13.2. The number of hydrogen-bond acceptors (Lipinski definition) is 3. The number of nitrogens with zero attached hydrogens (tertiary/aromatic N) is 1. The Morgan fingerprint density at radius 1 is 1.29 bits per heavy atom. The Hall–Kier alpha value is -2.27. The van der Waals surface area contributed by atoms with Gasteiger partial charge in [-0.3, -0.25) is 4.79 Å². The van der Waals surface area contributed by atoms with Crippen molar-refractivity contribution in [3.05, 3.63) is 58.9 Å². The number of nitrogen functional groups attached to an aromatic ring is 1. The molecule has 0 amide bonds. The van der Waals surface area contributed by atoms with Gasteiger partial charge in [-0.15, -0.1) is 0 Å². The fourth-order valence-electron chi connectivity index (χ4n) is 2.02. The Kier molecular flexibility index (Phi) is 4.65. The van der Waals surface area contributed by atoms with Crippen LogP contribution >= 0.6 is 11.6 Å². The molecule has 0 saturated heterocycles. The van der Waals surface area contributed by atoms with Gasteiger partial charge in [0.2, 0.25) is 0 Å². The molecular formula is C15H14ClFN2O2. The highest BCUT2D eigenvalue weighted by Crippen LogP contribution is 2.25. The molecule has 6 heteroatoms. The number of aliphatic carboxylic acids is 1. The highest BCUT2D eigenvalue weighted by Gasteiger charge is 2.14. The zero-order valence-electron chi connectivity index (χ0n) is 11.1. The molecule has 0 heterocycles. The zero-order chi connectivity index (χ0) is 15.4. The van der Waals surface area contributed by atoms with Gasteiger partial charge in [-0.2, -0.15) is 0 Å². The predicted octanol–water partition coefficient (Wildman–Crippen LogP) is 3.15. The molecule has 0 aliphatic carbocycles. The molecule has 0 fully saturated rings. The molecule has 0 atom stereocenters. The third-order valence-corrected chi connectivity index (χ3v) is 3.25. The van der Waals surface area contributed by atoms with Crippen LogP contribution < -0.4 is 10.6 Å². The quantitative estimate of drug-likeness (QED) is 0.833. The maximum Gasteiger partial charge on any atom is 0.323 e. The monoisotopic (exact) mass is 308 g/mol. The van der Waals surface area contributed by atoms with Gasteiger partial charge in [0.05, 0.1) is 16.4 Å². The summed E-state index contributed by atoms with van der Waals surface area (Å²) in [5.74, 6) is -1.49. The second kappa shape index (κ2) is 6.45. The Bertz CT molecular complexity index is 664. The molecule has 3 N–H and O–H groups in total. The maximum absolute atomic E-state index is 13.2. The number of para-hydroxylation sites is 2. The Balaban J connectivity index is 2.30. The van der Waals surface area contributed by atoms with Crippen molar-refractivity contribution in [2.24, 2.45) is 0 Å². The minimum absolute atomic E-state index is 0.00353. The molecule has 0 unspecified atom stereocenters. The van der Waals surface area contributed by atoms with Gasteiger partial charge in [-0.05, 0) is 29.8 Å². The standard InChI is InChI=1S/C15H14ClFN2O2/c16-11-7-10(5-6-12(11)17)8-19(9-15(20)21)14-4-2-1-3-13(14)18/h1-7H,8-9,18H2,(H,20,21). The normalized spacial score (nSPS) is 10.4. The maximum atomic E-state index is 13.2. The predicted molar refractivity (Wildman–Crippen MR) is 81.0 cm³/mol. The first-order valence-corrected chi connectivity index (χ1v) is 6.60. The number of halogens is 2. The number of carboxylic acid groups (broad SMARTS) is 1. The summed E-state index contributed by atoms with van der Waals surface area (Å²) in [7, 11) is 0. The van der Waals surface area contributed by atoms with Crippen molar-refractivity contribution in [2.75, 3.05) is 17.2 Å². The van der Waals surface area contributed by atoms with Gasteiger partial charge >= 0.3 is 5.97 Å². The van der Waals surface area contributed by atoms with Crippen LogP contribution in [0.4, 0.5) is 15.8 Å². The second-order valence-electron chi connectivity index (χ2n) is 4.56. The number of anilines is 2. The van der Waals surface area contributed by atoms with Crippen LogP contribution in [0.5, 0.6) is 0 Å². The van der Waals surface area contributed by atoms with Gasteiger partial charge in [0.1, 0.15) is 12.4 Å². The van der Waals surface area contributed by atoms with E-state index < -0.39 is 11.8 Å². The lowest BCUT2D eigenvalue weighted by Gasteiger charge is -2.24. The van der Waals surface area contributed by atoms with Crippen molar-refractivity contribution < 1.29 is 14.3 Å². The summed E-state index contributed by atoms with van der Waals surface area (Å²) in [6.45, 7) is 0.0454. The lowest BCUT2D eigenvalue weighted by Crippen LogP contribution is -2.29. The van der Waals surface area contributed by atoms with Crippen LogP contribution in [0.1, 0.15) is 5.56 Å². The molecule has 21 heavy (non-hydrogen) atoms. The first-order valence-electron chi connectivity index (χ1n) is 6.22. The first kappa shape index (κ1) is 15.1. The number of rotatable bonds is 5. The van der Waals surface area contributed by atoms with Crippen LogP contribution in [0, 0.1) is 5.82 Å². The van der Waals surface area contributed by atoms with Crippen LogP contribution in [-0.4, -0.2) is 17.6 Å². The van der Waals surface area contributed by atoms with Crippen molar-refractivity contribution in [2.45, 2.75) is 6.54 Å². The van der Waals surface area contributed by atoms with E-state index in [0.29, 0.717) is 16.9 Å². The molecule has 4 nitrogen and oxygen atoms in total. The average Bonchev–Trinajstić information content (AvgIpc) is 2.42. The molecular weight excluding hydrogens is 295 g/mol. The van der Waals surface area contributed by atoms with E-state index >= 15 is 0 Å². The van der Waals surface area contributed by atoms with Crippen molar-refractivity contribution >= 4 is 28.9 Å². The molecule has 2 aromatic rings. The van der Waals surface area contributed by atoms with Gasteiger partial charge in [0.15, 0.2) is 0 Å². The van der Waals surface area contributed by atoms with Crippen LogP contribution in [0.15, 0.2) is 42.5 Å². The molecule has 0 aliphatic rings. The molecule has 2 aromatic carbocycles. The van der Waals surface area contributed by atoms with Crippen molar-refractivity contribution in [1.82, 2.24) is 0 Å². The topological polar surface area (TPSA) is 66.6 Å². The summed E-state index contributed by atoms with van der Waals surface area (Å²) in [4.78, 5) is 12.6. The minimum Gasteiger partial charge on any atom is -0.480 e. The first-order chi connectivity index (χ1) is 9.97. The van der Waals surface area contributed by atoms with Gasteiger partial charge < -0.3 is 15.7 Å². The lowest BCUT2D eigenvalue weighted by atomic mass is 10.1. The molecule has 0 bridgehead atoms. The lowest BCUT2D eigenvalue weighted by molar-refractivity contribution is -0.135. The Morgan fingerprint density at radius 2 is 2.00 bits per heavy atom. The number of benzene rings is 2. The van der Waals surface area contributed by atoms with E-state index in [1.54, 1.807) is 35.2 Å². The van der Waals surface area contributed by atoms with Crippen LogP contribution in [0.3, 0.4) is 0 Å². The highest BCUT2D eigenvalue weighted by molar-refractivity contribution is 6.30. The largest absolute Gasteiger partial charge is 0.480 e. The van der Waals surface area contributed by atoms with E-state index in [2.05, 4.69) is 0 Å². The van der Waals surface area contributed by atoms with Crippen LogP contribution in [0.2, 0.25) is 5.02 Å². The van der Waals surface area contributed by atoms with Crippen molar-refractivity contribution in [3.63, 3.8) is 0 Å². The molecule has 0 aliphatic heterocycles. The van der Waals surface area contributed by atoms with Gasteiger partial charge in [-0.25, -0.2) is 4.39 Å². The third kappa shape index (κ3) is 3.86. The fraction of sp³-hybridized carbons (Fsp3) is 0.133. The summed E-state index contributed by atoms with van der Waals surface area (Å²) >= 11 is 5.75. The Labute approximate surface area is 126 Å². The summed E-state index contributed by atoms with van der Waals surface area (Å²) in [6, 6.07) is 11.3. The van der Waals surface area contributed by atoms with Crippen LogP contribution in [0.25, 0.3) is 0 Å². The zero-order valence-corrected chi connectivity index (χ0v) is 11.8. The van der Waals surface area contributed by atoms with E-state index in [1.807, 2.05) is 0 Å². The molecule has 0 spiro atoms. The highest BCUT2D eigenvalue weighted by atomic mass is 35.5. The summed E-state index contributed by atoms with van der Waals surface area (Å²) in [5.41, 5.74) is 7.67. The molecule has 0 aromatic heterocycles. The summed E-state index contributed by atoms with van der Waals surface area (Å²) in [6.07, 6.45) is 0. The van der Waals surface area contributed by atoms with Gasteiger partial charge in [0.25, 0.3) is 0 Å². The van der Waals surface area contributed by atoms with E-state index in [-0.39, 0.29) is 18.1 Å². The average molecular weight is 309 g/mol. The van der Waals surface area contributed by atoms with Crippen LogP contribution in [-0.2, 0) is 11.3 Å². The Morgan fingerprint density at radius 3 is 2.62 bits per heavy atom. The third-order valence-electron chi connectivity index (χ3n) is 2.96. The number of hydrogen-bond donors (Lipinski definition) is 2. The molecule has 110 valence electrons.